The van der Waals surface area contributed by atoms with Crippen LogP contribution in [0.15, 0.2) is 4.47 Å². The van der Waals surface area contributed by atoms with E-state index in [-0.39, 0.29) is 0 Å². The highest BCUT2D eigenvalue weighted by molar-refractivity contribution is 9.10. The molecule has 4 atom stereocenters. The van der Waals surface area contributed by atoms with Crippen LogP contribution in [-0.4, -0.2) is 44.4 Å². The number of aromatic nitrogens is 2. The van der Waals surface area contributed by atoms with Crippen molar-refractivity contribution < 1.29 is 0 Å². The summed E-state index contributed by atoms with van der Waals surface area (Å²) in [6.07, 6.45) is 1.03. The predicted molar refractivity (Wildman–Crippen MR) is 99.7 cm³/mol. The van der Waals surface area contributed by atoms with Crippen LogP contribution in [0.4, 0.5) is 0 Å². The van der Waals surface area contributed by atoms with Crippen LogP contribution in [0.25, 0.3) is 0 Å². The Balaban J connectivity index is 2.12. The Bertz CT molecular complexity index is 478. The highest BCUT2D eigenvalue weighted by Crippen LogP contribution is 2.38. The van der Waals surface area contributed by atoms with Gasteiger partial charge in [0, 0.05) is 40.5 Å². The average molecular weight is 392 g/mol. The minimum atomic E-state index is 0.496. The van der Waals surface area contributed by atoms with Crippen molar-refractivity contribution in [1.29, 1.82) is 0 Å². The van der Waals surface area contributed by atoms with Crippen molar-refractivity contribution in [2.45, 2.75) is 62.5 Å². The number of nitrogens with zero attached hydrogens (tertiary/aromatic N) is 2. The molecule has 1 aromatic rings. The van der Waals surface area contributed by atoms with Gasteiger partial charge in [-0.1, -0.05) is 13.8 Å². The van der Waals surface area contributed by atoms with Crippen molar-refractivity contribution in [3.63, 3.8) is 0 Å². The molecule has 1 N–H and O–H groups in total. The number of rotatable bonds is 5. The van der Waals surface area contributed by atoms with Gasteiger partial charge in [0.2, 0.25) is 0 Å². The van der Waals surface area contributed by atoms with E-state index in [2.05, 4.69) is 89.3 Å². The smallest absolute Gasteiger partial charge is 0.0738 e. The first kappa shape index (κ1) is 17.7. The van der Waals surface area contributed by atoms with E-state index < -0.39 is 0 Å². The van der Waals surface area contributed by atoms with Crippen molar-refractivity contribution in [3.8, 4) is 0 Å². The third-order valence-corrected chi connectivity index (χ3v) is 8.84. The largest absolute Gasteiger partial charge is 0.315 e. The first-order valence-corrected chi connectivity index (χ1v) is 10.4. The lowest BCUT2D eigenvalue weighted by Gasteiger charge is -2.36. The first-order chi connectivity index (χ1) is 9.97. The van der Waals surface area contributed by atoms with Crippen LogP contribution < -0.4 is 5.32 Å². The Morgan fingerprint density at radius 2 is 2.14 bits per heavy atom. The maximum Gasteiger partial charge on any atom is 0.0738 e. The fourth-order valence-corrected chi connectivity index (χ4v) is 6.33. The van der Waals surface area contributed by atoms with Gasteiger partial charge in [-0.15, -0.1) is 0 Å². The molecular formula is C15H26BrN3S2. The molecule has 0 radical (unpaired) electrons. The van der Waals surface area contributed by atoms with Crippen LogP contribution in [0, 0.1) is 6.92 Å². The fraction of sp³-hybridized carbons (Fsp3) is 0.800. The van der Waals surface area contributed by atoms with Gasteiger partial charge in [-0.3, -0.25) is 4.68 Å². The molecule has 1 aromatic heterocycles. The number of halogens is 1. The van der Waals surface area contributed by atoms with E-state index in [1.54, 1.807) is 0 Å². The summed E-state index contributed by atoms with van der Waals surface area (Å²) in [6, 6.07) is 0.496. The van der Waals surface area contributed by atoms with E-state index in [1.807, 2.05) is 0 Å². The Labute approximate surface area is 145 Å². The van der Waals surface area contributed by atoms with Gasteiger partial charge in [0.15, 0.2) is 0 Å². The second-order valence-electron chi connectivity index (χ2n) is 5.68. The maximum absolute atomic E-state index is 4.62. The second-order valence-corrected chi connectivity index (χ2v) is 9.50. The molecule has 1 aliphatic rings. The lowest BCUT2D eigenvalue weighted by Crippen LogP contribution is -2.43. The third-order valence-electron chi connectivity index (χ3n) is 4.26. The van der Waals surface area contributed by atoms with Crippen molar-refractivity contribution in [2.24, 2.45) is 0 Å². The molecule has 2 rings (SSSR count). The molecule has 120 valence electrons. The molecule has 21 heavy (non-hydrogen) atoms. The quantitative estimate of drug-likeness (QED) is 0.827. The van der Waals surface area contributed by atoms with Gasteiger partial charge in [0.05, 0.1) is 15.9 Å². The van der Waals surface area contributed by atoms with Gasteiger partial charge in [0.25, 0.3) is 0 Å². The van der Waals surface area contributed by atoms with E-state index in [9.17, 15) is 0 Å². The van der Waals surface area contributed by atoms with Crippen LogP contribution in [0.5, 0.6) is 0 Å². The minimum absolute atomic E-state index is 0.496. The van der Waals surface area contributed by atoms with Crippen molar-refractivity contribution in [3.05, 3.63) is 15.9 Å². The second kappa shape index (κ2) is 7.75. The molecule has 2 heterocycles. The Morgan fingerprint density at radius 1 is 1.43 bits per heavy atom. The van der Waals surface area contributed by atoms with E-state index in [4.69, 9.17) is 0 Å². The monoisotopic (exact) mass is 391 g/mol. The molecule has 6 heteroatoms. The zero-order chi connectivity index (χ0) is 15.6. The van der Waals surface area contributed by atoms with Gasteiger partial charge in [-0.05, 0) is 36.8 Å². The number of hydrogen-bond acceptors (Lipinski definition) is 4. The van der Waals surface area contributed by atoms with Crippen LogP contribution >= 0.6 is 39.5 Å². The number of likely N-dealkylation sites (N-methyl/N-ethyl adjacent to an activating group) is 1. The number of hydrogen-bond donors (Lipinski definition) is 1. The first-order valence-electron chi connectivity index (χ1n) is 7.64. The van der Waals surface area contributed by atoms with E-state index >= 15 is 0 Å². The summed E-state index contributed by atoms with van der Waals surface area (Å²) in [6.45, 7) is 9.86. The van der Waals surface area contributed by atoms with E-state index in [0.717, 1.165) is 29.2 Å². The highest BCUT2D eigenvalue weighted by Gasteiger charge is 2.31. The lowest BCUT2D eigenvalue weighted by molar-refractivity contribution is 0.518. The van der Waals surface area contributed by atoms with Gasteiger partial charge in [-0.25, -0.2) is 0 Å². The standard InChI is InChI=1S/C15H26BrN3S2/c1-6-19-13(15(16)9(2)18-19)7-12(17-5)14-8-20-10(3)11(4)21-14/h10-12,14,17H,6-8H2,1-5H3. The molecule has 1 saturated heterocycles. The van der Waals surface area contributed by atoms with Crippen molar-refractivity contribution in [2.75, 3.05) is 12.8 Å². The molecule has 3 nitrogen and oxygen atoms in total. The third kappa shape index (κ3) is 4.01. The zero-order valence-corrected chi connectivity index (χ0v) is 16.7. The van der Waals surface area contributed by atoms with Crippen LogP contribution in [-0.2, 0) is 13.0 Å². The summed E-state index contributed by atoms with van der Waals surface area (Å²) < 4.78 is 3.32. The summed E-state index contributed by atoms with van der Waals surface area (Å²) in [5.41, 5.74) is 2.42. The number of aryl methyl sites for hydroxylation is 2. The van der Waals surface area contributed by atoms with Crippen molar-refractivity contribution in [1.82, 2.24) is 15.1 Å². The van der Waals surface area contributed by atoms with Gasteiger partial charge >= 0.3 is 0 Å². The fourth-order valence-electron chi connectivity index (χ4n) is 2.71. The van der Waals surface area contributed by atoms with E-state index in [0.29, 0.717) is 11.3 Å². The molecule has 0 saturated carbocycles. The normalized spacial score (nSPS) is 27.8. The maximum atomic E-state index is 4.62. The van der Waals surface area contributed by atoms with Crippen molar-refractivity contribution >= 4 is 39.5 Å². The van der Waals surface area contributed by atoms with Crippen LogP contribution in [0.3, 0.4) is 0 Å². The Morgan fingerprint density at radius 3 is 2.71 bits per heavy atom. The summed E-state index contributed by atoms with van der Waals surface area (Å²) in [5.74, 6) is 1.23. The van der Waals surface area contributed by atoms with Crippen LogP contribution in [0.1, 0.15) is 32.2 Å². The van der Waals surface area contributed by atoms with Gasteiger partial charge < -0.3 is 5.32 Å². The summed E-state index contributed by atoms with van der Waals surface area (Å²) >= 11 is 7.98. The predicted octanol–water partition coefficient (Wildman–Crippen LogP) is 3.73. The molecule has 0 aliphatic carbocycles. The number of thioether (sulfide) groups is 2. The van der Waals surface area contributed by atoms with Crippen LogP contribution in [0.2, 0.25) is 0 Å². The molecule has 0 amide bonds. The SMILES string of the molecule is CCn1nc(C)c(Br)c1CC(NC)C1CSC(C)C(C)S1. The molecule has 1 aliphatic heterocycles. The molecule has 4 unspecified atom stereocenters. The number of nitrogens with one attached hydrogen (secondary N) is 1. The molecular weight excluding hydrogens is 366 g/mol. The Hall–Kier alpha value is 0.350. The molecule has 0 spiro atoms. The lowest BCUT2D eigenvalue weighted by atomic mass is 10.1. The summed E-state index contributed by atoms with van der Waals surface area (Å²) in [5, 5.41) is 10.3. The minimum Gasteiger partial charge on any atom is -0.315 e. The summed E-state index contributed by atoms with van der Waals surface area (Å²) in [7, 11) is 2.09. The summed E-state index contributed by atoms with van der Waals surface area (Å²) in [4.78, 5) is 0. The zero-order valence-electron chi connectivity index (χ0n) is 13.5. The topological polar surface area (TPSA) is 29.9 Å². The molecule has 1 fully saturated rings. The van der Waals surface area contributed by atoms with E-state index in [1.165, 1.54) is 15.9 Å². The molecule has 0 bridgehead atoms. The molecule has 0 aromatic carbocycles. The highest BCUT2D eigenvalue weighted by atomic mass is 79.9. The Kier molecular flexibility index (Phi) is 6.53. The van der Waals surface area contributed by atoms with Gasteiger partial charge in [-0.2, -0.15) is 28.6 Å². The average Bonchev–Trinajstić information content (AvgIpc) is 2.75. The van der Waals surface area contributed by atoms with Gasteiger partial charge in [0.1, 0.15) is 0 Å².